The number of nitrogens with zero attached hydrogens (tertiary/aromatic N) is 1. The molecule has 2 N–H and O–H groups in total. The van der Waals surface area contributed by atoms with E-state index in [9.17, 15) is 0 Å². The molecule has 0 unspecified atom stereocenters. The maximum Gasteiger partial charge on any atom is 0.219 e. The number of fused-ring (bicyclic) bond motifs is 1. The number of benzene rings is 2. The van der Waals surface area contributed by atoms with Gasteiger partial charge in [0.15, 0.2) is 0 Å². The molecule has 0 saturated carbocycles. The average molecular weight is 264 g/mol. The summed E-state index contributed by atoms with van der Waals surface area (Å²) < 4.78 is 5.77. The molecule has 3 rings (SSSR count). The quantitative estimate of drug-likeness (QED) is 0.776. The summed E-state index contributed by atoms with van der Waals surface area (Å²) in [6.45, 7) is 1.93. The van der Waals surface area contributed by atoms with Gasteiger partial charge in [-0.3, -0.25) is 0 Å². The van der Waals surface area contributed by atoms with Gasteiger partial charge in [0.25, 0.3) is 0 Å². The minimum atomic E-state index is -0.0165. The molecule has 2 aromatic carbocycles. The van der Waals surface area contributed by atoms with Crippen LogP contribution in [-0.2, 0) is 0 Å². The van der Waals surface area contributed by atoms with Gasteiger partial charge in [-0.05, 0) is 35.4 Å². The van der Waals surface area contributed by atoms with Gasteiger partial charge in [0, 0.05) is 18.3 Å². The van der Waals surface area contributed by atoms with E-state index >= 15 is 0 Å². The molecule has 0 aliphatic rings. The summed E-state index contributed by atoms with van der Waals surface area (Å²) in [7, 11) is 0. The lowest BCUT2D eigenvalue weighted by atomic mass is 10.1. The summed E-state index contributed by atoms with van der Waals surface area (Å²) >= 11 is 0. The molecule has 100 valence electrons. The number of nitrogens with two attached hydrogens (primary N) is 1. The SMILES string of the molecule is C[C@@H](N)c1ccc(Oc2ccc3ccccc3c2)nc1. The van der Waals surface area contributed by atoms with Gasteiger partial charge in [-0.1, -0.05) is 36.4 Å². The highest BCUT2D eigenvalue weighted by Crippen LogP contribution is 2.24. The molecule has 0 radical (unpaired) electrons. The van der Waals surface area contributed by atoms with E-state index in [1.165, 1.54) is 5.39 Å². The van der Waals surface area contributed by atoms with Crippen LogP contribution in [-0.4, -0.2) is 4.98 Å². The van der Waals surface area contributed by atoms with Gasteiger partial charge in [0.1, 0.15) is 5.75 Å². The summed E-state index contributed by atoms with van der Waals surface area (Å²) in [5.41, 5.74) is 6.79. The lowest BCUT2D eigenvalue weighted by molar-refractivity contribution is 0.463. The third-order valence-corrected chi connectivity index (χ3v) is 3.23. The largest absolute Gasteiger partial charge is 0.439 e. The van der Waals surface area contributed by atoms with Crippen molar-refractivity contribution in [3.8, 4) is 11.6 Å². The fourth-order valence-electron chi connectivity index (χ4n) is 2.07. The molecule has 20 heavy (non-hydrogen) atoms. The molecule has 0 spiro atoms. The fourth-order valence-corrected chi connectivity index (χ4v) is 2.07. The van der Waals surface area contributed by atoms with Crippen LogP contribution in [0.4, 0.5) is 0 Å². The smallest absolute Gasteiger partial charge is 0.219 e. The normalized spacial score (nSPS) is 12.3. The van der Waals surface area contributed by atoms with E-state index in [-0.39, 0.29) is 6.04 Å². The van der Waals surface area contributed by atoms with Crippen LogP contribution in [0.25, 0.3) is 10.8 Å². The minimum absolute atomic E-state index is 0.0165. The molecule has 0 aliphatic carbocycles. The predicted molar refractivity (Wildman–Crippen MR) is 80.9 cm³/mol. The van der Waals surface area contributed by atoms with Gasteiger partial charge < -0.3 is 10.5 Å². The summed E-state index contributed by atoms with van der Waals surface area (Å²) in [6.07, 6.45) is 1.75. The Hall–Kier alpha value is -2.39. The molecule has 0 bridgehead atoms. The zero-order valence-electron chi connectivity index (χ0n) is 11.3. The van der Waals surface area contributed by atoms with Crippen molar-refractivity contribution in [1.29, 1.82) is 0 Å². The maximum absolute atomic E-state index is 5.80. The number of pyridine rings is 1. The Bertz CT molecular complexity index is 720. The maximum atomic E-state index is 5.80. The Morgan fingerprint density at radius 3 is 2.50 bits per heavy atom. The van der Waals surface area contributed by atoms with Crippen LogP contribution in [0.5, 0.6) is 11.6 Å². The zero-order valence-corrected chi connectivity index (χ0v) is 11.3. The highest BCUT2D eigenvalue weighted by atomic mass is 16.5. The monoisotopic (exact) mass is 264 g/mol. The second-order valence-corrected chi connectivity index (χ2v) is 4.83. The van der Waals surface area contributed by atoms with Gasteiger partial charge in [-0.15, -0.1) is 0 Å². The first kappa shape index (κ1) is 12.6. The highest BCUT2D eigenvalue weighted by Gasteiger charge is 2.03. The first-order valence-corrected chi connectivity index (χ1v) is 6.60. The van der Waals surface area contributed by atoms with Crippen LogP contribution in [0.2, 0.25) is 0 Å². The first-order chi connectivity index (χ1) is 9.72. The summed E-state index contributed by atoms with van der Waals surface area (Å²) in [6, 6.07) is 17.9. The van der Waals surface area contributed by atoms with Crippen LogP contribution >= 0.6 is 0 Å². The number of ether oxygens (including phenoxy) is 1. The summed E-state index contributed by atoms with van der Waals surface area (Å²) in [5.74, 6) is 1.36. The number of hydrogen-bond donors (Lipinski definition) is 1. The van der Waals surface area contributed by atoms with Crippen molar-refractivity contribution in [3.63, 3.8) is 0 Å². The zero-order chi connectivity index (χ0) is 13.9. The molecule has 0 fully saturated rings. The standard InChI is InChI=1S/C17H16N2O/c1-12(18)15-7-9-17(19-11-15)20-16-8-6-13-4-2-3-5-14(13)10-16/h2-12H,18H2,1H3/t12-/m1/s1. The molecular weight excluding hydrogens is 248 g/mol. The van der Waals surface area contributed by atoms with Crippen molar-refractivity contribution in [2.45, 2.75) is 13.0 Å². The Balaban J connectivity index is 1.85. The van der Waals surface area contributed by atoms with E-state index in [1.54, 1.807) is 6.20 Å². The number of rotatable bonds is 3. The molecule has 1 aromatic heterocycles. The number of aromatic nitrogens is 1. The molecule has 1 heterocycles. The van der Waals surface area contributed by atoms with Crippen LogP contribution in [0, 0.1) is 0 Å². The van der Waals surface area contributed by atoms with E-state index in [2.05, 4.69) is 17.1 Å². The summed E-state index contributed by atoms with van der Waals surface area (Å²) in [5, 5.41) is 2.34. The molecule has 3 heteroatoms. The van der Waals surface area contributed by atoms with Crippen molar-refractivity contribution in [2.75, 3.05) is 0 Å². The lowest BCUT2D eigenvalue weighted by Crippen LogP contribution is -2.05. The topological polar surface area (TPSA) is 48.1 Å². The molecule has 0 amide bonds. The Morgan fingerprint density at radius 1 is 1.00 bits per heavy atom. The van der Waals surface area contributed by atoms with Gasteiger partial charge in [0.05, 0.1) is 0 Å². The van der Waals surface area contributed by atoms with Crippen molar-refractivity contribution >= 4 is 10.8 Å². The molecule has 1 atom stereocenters. The van der Waals surface area contributed by atoms with Crippen LogP contribution in [0.3, 0.4) is 0 Å². The lowest BCUT2D eigenvalue weighted by Gasteiger charge is -2.08. The van der Waals surface area contributed by atoms with E-state index in [0.29, 0.717) is 5.88 Å². The molecule has 3 nitrogen and oxygen atoms in total. The Morgan fingerprint density at radius 2 is 1.80 bits per heavy atom. The van der Waals surface area contributed by atoms with Crippen molar-refractivity contribution in [2.24, 2.45) is 5.73 Å². The summed E-state index contributed by atoms with van der Waals surface area (Å²) in [4.78, 5) is 4.27. The van der Waals surface area contributed by atoms with Crippen LogP contribution in [0.15, 0.2) is 60.8 Å². The van der Waals surface area contributed by atoms with E-state index in [0.717, 1.165) is 16.7 Å². The second kappa shape index (κ2) is 5.31. The number of hydrogen-bond acceptors (Lipinski definition) is 3. The fraction of sp³-hybridized carbons (Fsp3) is 0.118. The second-order valence-electron chi connectivity index (χ2n) is 4.83. The van der Waals surface area contributed by atoms with Gasteiger partial charge >= 0.3 is 0 Å². The van der Waals surface area contributed by atoms with Crippen molar-refractivity contribution < 1.29 is 4.74 Å². The van der Waals surface area contributed by atoms with Gasteiger partial charge in [-0.2, -0.15) is 0 Å². The third kappa shape index (κ3) is 2.63. The van der Waals surface area contributed by atoms with Gasteiger partial charge in [-0.25, -0.2) is 4.98 Å². The predicted octanol–water partition coefficient (Wildman–Crippen LogP) is 4.05. The molecular formula is C17H16N2O. The highest BCUT2D eigenvalue weighted by molar-refractivity contribution is 5.83. The van der Waals surface area contributed by atoms with Crippen LogP contribution in [0.1, 0.15) is 18.5 Å². The van der Waals surface area contributed by atoms with Crippen molar-refractivity contribution in [3.05, 3.63) is 66.4 Å². The third-order valence-electron chi connectivity index (χ3n) is 3.23. The van der Waals surface area contributed by atoms with E-state index in [1.807, 2.05) is 49.4 Å². The van der Waals surface area contributed by atoms with Gasteiger partial charge in [0.2, 0.25) is 5.88 Å². The average Bonchev–Trinajstić information content (AvgIpc) is 2.48. The molecule has 3 aromatic rings. The Labute approximate surface area is 118 Å². The Kier molecular flexibility index (Phi) is 3.35. The minimum Gasteiger partial charge on any atom is -0.439 e. The first-order valence-electron chi connectivity index (χ1n) is 6.60. The molecule has 0 saturated heterocycles. The molecule has 0 aliphatic heterocycles. The van der Waals surface area contributed by atoms with Crippen molar-refractivity contribution in [1.82, 2.24) is 4.98 Å². The van der Waals surface area contributed by atoms with Crippen LogP contribution < -0.4 is 10.5 Å². The van der Waals surface area contributed by atoms with E-state index in [4.69, 9.17) is 10.5 Å². The van der Waals surface area contributed by atoms with E-state index < -0.39 is 0 Å².